The molecule has 5 rings (SSSR count). The minimum atomic E-state index is -1.51. The Hall–Kier alpha value is -3.26. The van der Waals surface area contributed by atoms with E-state index in [2.05, 4.69) is 0 Å². The van der Waals surface area contributed by atoms with Crippen molar-refractivity contribution < 1.29 is 28.6 Å². The van der Waals surface area contributed by atoms with Crippen LogP contribution in [0.15, 0.2) is 36.4 Å². The lowest BCUT2D eigenvalue weighted by atomic mass is 9.97. The number of rotatable bonds is 3. The van der Waals surface area contributed by atoms with E-state index < -0.39 is 11.6 Å². The van der Waals surface area contributed by atoms with Gasteiger partial charge < -0.3 is 19.1 Å². The molecule has 0 radical (unpaired) electrons. The van der Waals surface area contributed by atoms with Crippen LogP contribution in [-0.4, -0.2) is 48.6 Å². The molecule has 0 saturated carbocycles. The lowest BCUT2D eigenvalue weighted by Crippen LogP contribution is -2.67. The number of hydrogen-bond donors (Lipinski definition) is 0. The van der Waals surface area contributed by atoms with Crippen molar-refractivity contribution in [2.45, 2.75) is 25.1 Å². The van der Waals surface area contributed by atoms with Gasteiger partial charge in [0.05, 0.1) is 16.3 Å². The number of ether oxygens (including phenoxy) is 3. The predicted octanol–water partition coefficient (Wildman–Crippen LogP) is 2.76. The summed E-state index contributed by atoms with van der Waals surface area (Å²) >= 11 is 6.27. The number of nitrogens with zero attached hydrogens (tertiary/aromatic N) is 2. The Morgan fingerprint density at radius 3 is 2.81 bits per heavy atom. The van der Waals surface area contributed by atoms with E-state index in [1.807, 2.05) is 0 Å². The summed E-state index contributed by atoms with van der Waals surface area (Å²) in [5, 5.41) is 0.359. The molecule has 1 fully saturated rings. The molecule has 31 heavy (non-hydrogen) atoms. The third-order valence-electron chi connectivity index (χ3n) is 5.90. The number of halogens is 1. The maximum atomic E-state index is 13.4. The van der Waals surface area contributed by atoms with Crippen LogP contribution in [0.2, 0.25) is 5.02 Å². The topological polar surface area (TPSA) is 85.4 Å². The predicted molar refractivity (Wildman–Crippen MR) is 110 cm³/mol. The lowest BCUT2D eigenvalue weighted by Gasteiger charge is -2.46. The number of para-hydroxylation sites is 1. The van der Waals surface area contributed by atoms with E-state index in [4.69, 9.17) is 25.8 Å². The largest absolute Gasteiger partial charge is 0.486 e. The van der Waals surface area contributed by atoms with E-state index >= 15 is 0 Å². The Morgan fingerprint density at radius 2 is 1.97 bits per heavy atom. The van der Waals surface area contributed by atoms with Crippen LogP contribution >= 0.6 is 11.6 Å². The molecule has 0 aliphatic carbocycles. The molecule has 0 spiro atoms. The van der Waals surface area contributed by atoms with Gasteiger partial charge in [-0.1, -0.05) is 23.7 Å². The Morgan fingerprint density at radius 1 is 1.19 bits per heavy atom. The van der Waals surface area contributed by atoms with Crippen molar-refractivity contribution in [2.75, 3.05) is 25.2 Å². The molecule has 3 heterocycles. The van der Waals surface area contributed by atoms with Crippen LogP contribution in [0.25, 0.3) is 0 Å². The molecule has 2 aromatic rings. The monoisotopic (exact) mass is 442 g/mol. The number of anilines is 1. The smallest absolute Gasteiger partial charge is 0.354 e. The first-order valence-corrected chi connectivity index (χ1v) is 10.3. The second-order valence-corrected chi connectivity index (χ2v) is 8.01. The van der Waals surface area contributed by atoms with Gasteiger partial charge in [-0.05, 0) is 29.8 Å². The summed E-state index contributed by atoms with van der Waals surface area (Å²) < 4.78 is 16.7. The molecule has 0 N–H and O–H groups in total. The van der Waals surface area contributed by atoms with Crippen molar-refractivity contribution in [1.82, 2.24) is 4.90 Å². The summed E-state index contributed by atoms with van der Waals surface area (Å²) in [6.45, 7) is 0.719. The van der Waals surface area contributed by atoms with Crippen molar-refractivity contribution in [2.24, 2.45) is 0 Å². The van der Waals surface area contributed by atoms with Crippen LogP contribution in [0.1, 0.15) is 28.8 Å². The molecule has 3 aliphatic rings. The molecule has 1 saturated heterocycles. The fraction of sp³-hybridized carbons (Fsp3) is 0.318. The average Bonchev–Trinajstić information content (AvgIpc) is 3.14. The number of fused-ring (bicyclic) bond motifs is 4. The second-order valence-electron chi connectivity index (χ2n) is 7.61. The SMILES string of the molecule is CN1C(=O)c2ccccc2N2C(=O)CCC12C(=O)OCc1cc(Cl)c2c(c1)OCCO2. The summed E-state index contributed by atoms with van der Waals surface area (Å²) in [7, 11) is 1.52. The van der Waals surface area contributed by atoms with E-state index in [0.29, 0.717) is 46.5 Å². The van der Waals surface area contributed by atoms with E-state index in [1.165, 1.54) is 16.8 Å². The molecule has 9 heteroatoms. The van der Waals surface area contributed by atoms with Crippen molar-refractivity contribution in [3.63, 3.8) is 0 Å². The van der Waals surface area contributed by atoms with E-state index in [1.54, 1.807) is 36.4 Å². The number of likely N-dealkylation sites (N-methyl/N-ethyl adjacent to an activating group) is 1. The van der Waals surface area contributed by atoms with Gasteiger partial charge in [0.25, 0.3) is 5.91 Å². The highest BCUT2D eigenvalue weighted by molar-refractivity contribution is 6.32. The van der Waals surface area contributed by atoms with Gasteiger partial charge in [-0.25, -0.2) is 4.79 Å². The summed E-state index contributed by atoms with van der Waals surface area (Å²) in [4.78, 5) is 41.8. The van der Waals surface area contributed by atoms with Gasteiger partial charge >= 0.3 is 5.97 Å². The second kappa shape index (κ2) is 7.16. The van der Waals surface area contributed by atoms with Crippen LogP contribution in [0, 0.1) is 0 Å². The summed E-state index contributed by atoms with van der Waals surface area (Å²) in [6, 6.07) is 10.1. The first-order valence-electron chi connectivity index (χ1n) is 9.89. The Kier molecular flexibility index (Phi) is 4.55. The molecule has 0 bridgehead atoms. The normalized spacial score (nSPS) is 21.6. The Labute approximate surface area is 183 Å². The Balaban J connectivity index is 1.45. The molecule has 2 amide bonds. The van der Waals surface area contributed by atoms with Crippen molar-refractivity contribution >= 4 is 35.1 Å². The van der Waals surface area contributed by atoms with Gasteiger partial charge in [0.15, 0.2) is 11.5 Å². The van der Waals surface area contributed by atoms with Crippen molar-refractivity contribution in [3.05, 3.63) is 52.5 Å². The summed E-state index contributed by atoms with van der Waals surface area (Å²) in [6.07, 6.45) is 0.292. The fourth-order valence-electron chi connectivity index (χ4n) is 4.40. The molecular weight excluding hydrogens is 424 g/mol. The Bertz CT molecular complexity index is 1120. The van der Waals surface area contributed by atoms with Gasteiger partial charge in [0, 0.05) is 19.9 Å². The van der Waals surface area contributed by atoms with Gasteiger partial charge in [-0.15, -0.1) is 0 Å². The zero-order valence-corrected chi connectivity index (χ0v) is 17.5. The average molecular weight is 443 g/mol. The van der Waals surface area contributed by atoms with Gasteiger partial charge in [-0.3, -0.25) is 14.5 Å². The van der Waals surface area contributed by atoms with Crippen LogP contribution in [-0.2, 0) is 20.9 Å². The minimum absolute atomic E-state index is 0.0946. The van der Waals surface area contributed by atoms with Crippen molar-refractivity contribution in [3.8, 4) is 11.5 Å². The maximum absolute atomic E-state index is 13.4. The fourth-order valence-corrected chi connectivity index (χ4v) is 4.69. The standard InChI is InChI=1S/C22H19ClN2O6/c1-24-20(27)14-4-2-3-5-16(14)25-18(26)6-7-22(24,25)21(28)31-12-13-10-15(23)19-17(11-13)29-8-9-30-19/h2-5,10-11H,6-9,12H2,1H3. The number of amides is 2. The lowest BCUT2D eigenvalue weighted by molar-refractivity contribution is -0.157. The quantitative estimate of drug-likeness (QED) is 0.679. The number of carbonyl (C=O) groups excluding carboxylic acids is 3. The maximum Gasteiger partial charge on any atom is 0.354 e. The van der Waals surface area contributed by atoms with Crippen LogP contribution in [0.4, 0.5) is 5.69 Å². The van der Waals surface area contributed by atoms with Crippen molar-refractivity contribution in [1.29, 1.82) is 0 Å². The molecule has 0 aromatic heterocycles. The minimum Gasteiger partial charge on any atom is -0.486 e. The molecule has 2 aromatic carbocycles. The van der Waals surface area contributed by atoms with Crippen LogP contribution < -0.4 is 14.4 Å². The zero-order valence-electron chi connectivity index (χ0n) is 16.7. The van der Waals surface area contributed by atoms with Gasteiger partial charge in [-0.2, -0.15) is 0 Å². The first kappa shape index (κ1) is 19.7. The molecule has 8 nitrogen and oxygen atoms in total. The van der Waals surface area contributed by atoms with Crippen LogP contribution in [0.5, 0.6) is 11.5 Å². The first-order chi connectivity index (χ1) is 14.9. The van der Waals surface area contributed by atoms with Gasteiger partial charge in [0.2, 0.25) is 11.6 Å². The number of esters is 1. The molecule has 1 atom stereocenters. The molecule has 160 valence electrons. The highest BCUT2D eigenvalue weighted by atomic mass is 35.5. The number of carbonyl (C=O) groups is 3. The summed E-state index contributed by atoms with van der Waals surface area (Å²) in [5.41, 5.74) is -0.102. The molecular formula is C22H19ClN2O6. The highest BCUT2D eigenvalue weighted by Gasteiger charge is 2.60. The zero-order chi connectivity index (χ0) is 21.8. The third-order valence-corrected chi connectivity index (χ3v) is 6.18. The third kappa shape index (κ3) is 2.85. The van der Waals surface area contributed by atoms with Crippen LogP contribution in [0.3, 0.4) is 0 Å². The highest BCUT2D eigenvalue weighted by Crippen LogP contribution is 2.44. The molecule has 1 unspecified atom stereocenters. The number of hydrogen-bond acceptors (Lipinski definition) is 6. The van der Waals surface area contributed by atoms with Gasteiger partial charge in [0.1, 0.15) is 19.8 Å². The van der Waals surface area contributed by atoms with E-state index in [0.717, 1.165) is 0 Å². The van der Waals surface area contributed by atoms with E-state index in [9.17, 15) is 14.4 Å². The van der Waals surface area contributed by atoms with E-state index in [-0.39, 0.29) is 31.3 Å². The number of benzene rings is 2. The molecule has 3 aliphatic heterocycles. The summed E-state index contributed by atoms with van der Waals surface area (Å²) in [5.74, 6) is -0.287.